The van der Waals surface area contributed by atoms with E-state index in [9.17, 15) is 4.79 Å². The molecule has 1 aromatic heterocycles. The smallest absolute Gasteiger partial charge is 0.253 e. The summed E-state index contributed by atoms with van der Waals surface area (Å²) < 4.78 is 11.5. The summed E-state index contributed by atoms with van der Waals surface area (Å²) in [5.41, 5.74) is 1.63. The van der Waals surface area contributed by atoms with Gasteiger partial charge in [0.1, 0.15) is 6.61 Å². The van der Waals surface area contributed by atoms with Crippen LogP contribution in [-0.2, 0) is 6.61 Å². The Morgan fingerprint density at radius 3 is 2.71 bits per heavy atom. The van der Waals surface area contributed by atoms with Crippen LogP contribution in [0.2, 0.25) is 0 Å². The molecule has 5 heteroatoms. The number of likely N-dealkylation sites (tertiary alicyclic amines) is 1. The van der Waals surface area contributed by atoms with E-state index >= 15 is 0 Å². The van der Waals surface area contributed by atoms with Crippen LogP contribution in [0, 0.1) is 0 Å². The molecule has 0 saturated carbocycles. The Hall–Kier alpha value is -2.56. The van der Waals surface area contributed by atoms with Gasteiger partial charge in [-0.2, -0.15) is 0 Å². The SMILES string of the molecule is CCOc1cc(C(=O)N2CCCC2)ccc1OCc1cccnc1. The molecule has 2 heterocycles. The first-order valence-electron chi connectivity index (χ1n) is 8.35. The van der Waals surface area contributed by atoms with E-state index in [0.717, 1.165) is 31.5 Å². The molecule has 1 aromatic carbocycles. The predicted molar refractivity (Wildman–Crippen MR) is 91.3 cm³/mol. The van der Waals surface area contributed by atoms with Crippen LogP contribution in [0.3, 0.4) is 0 Å². The lowest BCUT2D eigenvalue weighted by Crippen LogP contribution is -2.27. The minimum absolute atomic E-state index is 0.0623. The van der Waals surface area contributed by atoms with Gasteiger partial charge in [-0.25, -0.2) is 0 Å². The van der Waals surface area contributed by atoms with Crippen molar-refractivity contribution in [1.82, 2.24) is 9.88 Å². The largest absolute Gasteiger partial charge is 0.490 e. The van der Waals surface area contributed by atoms with Gasteiger partial charge in [-0.1, -0.05) is 6.07 Å². The molecule has 2 aromatic rings. The fraction of sp³-hybridized carbons (Fsp3) is 0.368. The first-order valence-corrected chi connectivity index (χ1v) is 8.35. The summed E-state index contributed by atoms with van der Waals surface area (Å²) in [6, 6.07) is 9.23. The average Bonchev–Trinajstić information content (AvgIpc) is 3.16. The Labute approximate surface area is 142 Å². The summed E-state index contributed by atoms with van der Waals surface area (Å²) in [5, 5.41) is 0. The number of pyridine rings is 1. The van der Waals surface area contributed by atoms with Crippen molar-refractivity contribution in [3.8, 4) is 11.5 Å². The quantitative estimate of drug-likeness (QED) is 0.817. The van der Waals surface area contributed by atoms with Crippen molar-refractivity contribution in [3.05, 3.63) is 53.9 Å². The number of nitrogens with zero attached hydrogens (tertiary/aromatic N) is 2. The number of hydrogen-bond acceptors (Lipinski definition) is 4. The van der Waals surface area contributed by atoms with E-state index < -0.39 is 0 Å². The van der Waals surface area contributed by atoms with Gasteiger partial charge in [0, 0.05) is 36.6 Å². The molecule has 1 aliphatic rings. The molecule has 1 amide bonds. The molecule has 5 nitrogen and oxygen atoms in total. The highest BCUT2D eigenvalue weighted by Crippen LogP contribution is 2.30. The van der Waals surface area contributed by atoms with Crippen molar-refractivity contribution in [1.29, 1.82) is 0 Å². The number of benzene rings is 1. The number of amides is 1. The predicted octanol–water partition coefficient (Wildman–Crippen LogP) is 3.30. The number of ether oxygens (including phenoxy) is 2. The lowest BCUT2D eigenvalue weighted by molar-refractivity contribution is 0.0792. The van der Waals surface area contributed by atoms with E-state index in [2.05, 4.69) is 4.98 Å². The first kappa shape index (κ1) is 16.3. The minimum Gasteiger partial charge on any atom is -0.490 e. The molecule has 0 aliphatic carbocycles. The Bertz CT molecular complexity index is 682. The number of carbonyl (C=O) groups is 1. The average molecular weight is 326 g/mol. The highest BCUT2D eigenvalue weighted by Gasteiger charge is 2.20. The molecule has 1 fully saturated rings. The highest BCUT2D eigenvalue weighted by molar-refractivity contribution is 5.95. The van der Waals surface area contributed by atoms with Crippen molar-refractivity contribution in [3.63, 3.8) is 0 Å². The lowest BCUT2D eigenvalue weighted by atomic mass is 10.1. The van der Waals surface area contributed by atoms with Crippen molar-refractivity contribution in [2.75, 3.05) is 19.7 Å². The van der Waals surface area contributed by atoms with Gasteiger partial charge >= 0.3 is 0 Å². The third-order valence-corrected chi connectivity index (χ3v) is 4.00. The van der Waals surface area contributed by atoms with Gasteiger partial charge in [-0.3, -0.25) is 9.78 Å². The number of rotatable bonds is 6. The normalized spacial score (nSPS) is 13.8. The second-order valence-corrected chi connectivity index (χ2v) is 5.74. The Morgan fingerprint density at radius 2 is 2.00 bits per heavy atom. The zero-order valence-electron chi connectivity index (χ0n) is 13.9. The Morgan fingerprint density at radius 1 is 1.17 bits per heavy atom. The first-order chi connectivity index (χ1) is 11.8. The van der Waals surface area contributed by atoms with Crippen LogP contribution in [0.5, 0.6) is 11.5 Å². The van der Waals surface area contributed by atoms with Crippen LogP contribution < -0.4 is 9.47 Å². The number of carbonyl (C=O) groups excluding carboxylic acids is 1. The second kappa shape index (κ2) is 7.81. The minimum atomic E-state index is 0.0623. The lowest BCUT2D eigenvalue weighted by Gasteiger charge is -2.17. The molecule has 0 N–H and O–H groups in total. The molecule has 0 unspecified atom stereocenters. The van der Waals surface area contributed by atoms with E-state index in [1.54, 1.807) is 18.5 Å². The summed E-state index contributed by atoms with van der Waals surface area (Å²) in [5.74, 6) is 1.30. The zero-order valence-corrected chi connectivity index (χ0v) is 13.9. The monoisotopic (exact) mass is 326 g/mol. The van der Waals surface area contributed by atoms with Gasteiger partial charge in [0.25, 0.3) is 5.91 Å². The molecule has 24 heavy (non-hydrogen) atoms. The van der Waals surface area contributed by atoms with E-state index in [1.807, 2.05) is 36.1 Å². The zero-order chi connectivity index (χ0) is 16.8. The van der Waals surface area contributed by atoms with Gasteiger partial charge < -0.3 is 14.4 Å². The maximum Gasteiger partial charge on any atom is 0.253 e. The molecule has 1 saturated heterocycles. The van der Waals surface area contributed by atoms with Crippen LogP contribution in [0.4, 0.5) is 0 Å². The van der Waals surface area contributed by atoms with Gasteiger partial charge in [-0.05, 0) is 44.0 Å². The van der Waals surface area contributed by atoms with E-state index in [1.165, 1.54) is 0 Å². The van der Waals surface area contributed by atoms with Crippen LogP contribution >= 0.6 is 0 Å². The molecular weight excluding hydrogens is 304 g/mol. The number of aromatic nitrogens is 1. The third-order valence-electron chi connectivity index (χ3n) is 4.00. The van der Waals surface area contributed by atoms with Gasteiger partial charge in [0.05, 0.1) is 6.61 Å². The summed E-state index contributed by atoms with van der Waals surface area (Å²) in [4.78, 5) is 18.5. The van der Waals surface area contributed by atoms with E-state index in [-0.39, 0.29) is 5.91 Å². The summed E-state index contributed by atoms with van der Waals surface area (Å²) in [6.45, 7) is 4.52. The van der Waals surface area contributed by atoms with Crippen molar-refractivity contribution in [2.45, 2.75) is 26.4 Å². The molecule has 0 radical (unpaired) electrons. The summed E-state index contributed by atoms with van der Waals surface area (Å²) in [7, 11) is 0. The summed E-state index contributed by atoms with van der Waals surface area (Å²) >= 11 is 0. The molecule has 126 valence electrons. The van der Waals surface area contributed by atoms with Crippen LogP contribution in [0.1, 0.15) is 35.7 Å². The maximum atomic E-state index is 12.5. The molecular formula is C19H22N2O3. The standard InChI is InChI=1S/C19H22N2O3/c1-2-23-18-12-16(19(22)21-10-3-4-11-21)7-8-17(18)24-14-15-6-5-9-20-13-15/h5-9,12-13H,2-4,10-11,14H2,1H3. The molecule has 3 rings (SSSR count). The van der Waals surface area contributed by atoms with Gasteiger partial charge in [0.15, 0.2) is 11.5 Å². The molecule has 0 atom stereocenters. The van der Waals surface area contributed by atoms with Crippen molar-refractivity contribution >= 4 is 5.91 Å². The maximum absolute atomic E-state index is 12.5. The van der Waals surface area contributed by atoms with Crippen LogP contribution in [-0.4, -0.2) is 35.5 Å². The molecule has 1 aliphatic heterocycles. The fourth-order valence-corrected chi connectivity index (χ4v) is 2.78. The third kappa shape index (κ3) is 3.85. The second-order valence-electron chi connectivity index (χ2n) is 5.74. The number of hydrogen-bond donors (Lipinski definition) is 0. The van der Waals surface area contributed by atoms with Gasteiger partial charge in [0.2, 0.25) is 0 Å². The fourth-order valence-electron chi connectivity index (χ4n) is 2.78. The van der Waals surface area contributed by atoms with E-state index in [4.69, 9.17) is 9.47 Å². The summed E-state index contributed by atoms with van der Waals surface area (Å²) in [6.07, 6.45) is 5.66. The molecule has 0 spiro atoms. The van der Waals surface area contributed by atoms with Crippen molar-refractivity contribution < 1.29 is 14.3 Å². The topological polar surface area (TPSA) is 51.7 Å². The van der Waals surface area contributed by atoms with E-state index in [0.29, 0.717) is 30.3 Å². The Balaban J connectivity index is 1.75. The molecule has 0 bridgehead atoms. The van der Waals surface area contributed by atoms with Crippen LogP contribution in [0.15, 0.2) is 42.7 Å². The van der Waals surface area contributed by atoms with Crippen LogP contribution in [0.25, 0.3) is 0 Å². The van der Waals surface area contributed by atoms with Gasteiger partial charge in [-0.15, -0.1) is 0 Å². The highest BCUT2D eigenvalue weighted by atomic mass is 16.5. The van der Waals surface area contributed by atoms with Crippen molar-refractivity contribution in [2.24, 2.45) is 0 Å². The Kier molecular flexibility index (Phi) is 5.31.